The molecule has 0 aromatic rings. The van der Waals surface area contributed by atoms with E-state index in [0.29, 0.717) is 5.57 Å². The van der Waals surface area contributed by atoms with Crippen LogP contribution in [-0.2, 0) is 0 Å². The zero-order valence-electron chi connectivity index (χ0n) is 5.32. The molecule has 0 aliphatic carbocycles. The molecule has 0 aliphatic rings. The molecule has 0 bridgehead atoms. The smallest absolute Gasteiger partial charge is 0.164 e. The van der Waals surface area contributed by atoms with Crippen molar-refractivity contribution in [3.63, 3.8) is 0 Å². The second-order valence-electron chi connectivity index (χ2n) is 1.68. The topological polar surface area (TPSA) is 20.2 Å². The lowest BCUT2D eigenvalue weighted by Crippen LogP contribution is -1.83. The molecular formula is C7H9FO. The molecule has 0 unspecified atom stereocenters. The van der Waals surface area contributed by atoms with Gasteiger partial charge in [-0.2, -0.15) is 0 Å². The van der Waals surface area contributed by atoms with E-state index in [-0.39, 0.29) is 0 Å². The van der Waals surface area contributed by atoms with Crippen LogP contribution in [0.25, 0.3) is 0 Å². The van der Waals surface area contributed by atoms with Crippen molar-refractivity contribution in [1.82, 2.24) is 0 Å². The van der Waals surface area contributed by atoms with E-state index in [4.69, 9.17) is 5.11 Å². The normalized spacial score (nSPS) is 12.2. The third-order valence-electron chi connectivity index (χ3n) is 0.810. The highest BCUT2D eigenvalue weighted by Gasteiger charge is 1.98. The van der Waals surface area contributed by atoms with Crippen LogP contribution < -0.4 is 0 Å². The Morgan fingerprint density at radius 1 is 1.67 bits per heavy atom. The van der Waals surface area contributed by atoms with Crippen LogP contribution in [0, 0.1) is 0 Å². The van der Waals surface area contributed by atoms with Crippen LogP contribution >= 0.6 is 0 Å². The molecule has 0 fully saturated rings. The van der Waals surface area contributed by atoms with Gasteiger partial charge in [-0.05, 0) is 18.6 Å². The predicted molar refractivity (Wildman–Crippen MR) is 35.8 cm³/mol. The second kappa shape index (κ2) is 3.07. The maximum Gasteiger partial charge on any atom is 0.164 e. The highest BCUT2D eigenvalue weighted by atomic mass is 19.1. The molecule has 0 saturated carbocycles. The first-order valence-electron chi connectivity index (χ1n) is 2.46. The summed E-state index contributed by atoms with van der Waals surface area (Å²) >= 11 is 0. The third kappa shape index (κ3) is 2.13. The molecule has 0 aromatic carbocycles. The molecule has 0 aliphatic heterocycles. The number of aliphatic hydroxyl groups is 1. The van der Waals surface area contributed by atoms with E-state index in [0.717, 1.165) is 6.08 Å². The van der Waals surface area contributed by atoms with Crippen LogP contribution in [0.3, 0.4) is 0 Å². The van der Waals surface area contributed by atoms with Gasteiger partial charge < -0.3 is 5.11 Å². The number of allylic oxidation sites excluding steroid dienone is 3. The zero-order chi connectivity index (χ0) is 7.44. The van der Waals surface area contributed by atoms with Gasteiger partial charge in [0.15, 0.2) is 11.6 Å². The SMILES string of the molecule is C=C/C(F)=C(/O)C(=C)C. The van der Waals surface area contributed by atoms with Crippen LogP contribution in [0.1, 0.15) is 6.92 Å². The number of halogens is 1. The summed E-state index contributed by atoms with van der Waals surface area (Å²) in [5.74, 6) is -1.16. The van der Waals surface area contributed by atoms with Crippen molar-refractivity contribution in [2.45, 2.75) is 6.92 Å². The molecule has 0 spiro atoms. The van der Waals surface area contributed by atoms with E-state index in [9.17, 15) is 4.39 Å². The average Bonchev–Trinajstić information content (AvgIpc) is 1.84. The molecule has 1 N–H and O–H groups in total. The Labute approximate surface area is 53.8 Å². The van der Waals surface area contributed by atoms with Gasteiger partial charge in [0, 0.05) is 0 Å². The van der Waals surface area contributed by atoms with Gasteiger partial charge in [-0.1, -0.05) is 13.2 Å². The minimum Gasteiger partial charge on any atom is -0.505 e. The molecule has 0 amide bonds. The lowest BCUT2D eigenvalue weighted by atomic mass is 10.2. The molecule has 0 radical (unpaired) electrons. The molecule has 2 heteroatoms. The van der Waals surface area contributed by atoms with Gasteiger partial charge in [0.25, 0.3) is 0 Å². The molecule has 0 rings (SSSR count). The Hall–Kier alpha value is -1.05. The summed E-state index contributed by atoms with van der Waals surface area (Å²) in [6.45, 7) is 7.97. The van der Waals surface area contributed by atoms with Gasteiger partial charge in [0.2, 0.25) is 0 Å². The molecule has 0 heterocycles. The number of hydrogen-bond donors (Lipinski definition) is 1. The monoisotopic (exact) mass is 128 g/mol. The minimum absolute atomic E-state index is 0.299. The first kappa shape index (κ1) is 7.95. The van der Waals surface area contributed by atoms with Gasteiger partial charge in [0.05, 0.1) is 0 Å². The van der Waals surface area contributed by atoms with Gasteiger partial charge in [-0.15, -0.1) is 0 Å². The molecule has 0 aromatic heterocycles. The van der Waals surface area contributed by atoms with Crippen molar-refractivity contribution in [3.8, 4) is 0 Å². The highest BCUT2D eigenvalue weighted by molar-refractivity contribution is 5.26. The Bertz CT molecular complexity index is 168. The molecule has 9 heavy (non-hydrogen) atoms. The Balaban J connectivity index is 4.47. The highest BCUT2D eigenvalue weighted by Crippen LogP contribution is 2.10. The summed E-state index contributed by atoms with van der Waals surface area (Å²) in [5, 5.41) is 8.73. The van der Waals surface area contributed by atoms with E-state index >= 15 is 0 Å². The van der Waals surface area contributed by atoms with Gasteiger partial charge >= 0.3 is 0 Å². The fourth-order valence-electron chi connectivity index (χ4n) is 0.301. The van der Waals surface area contributed by atoms with Gasteiger partial charge in [0.1, 0.15) is 0 Å². The van der Waals surface area contributed by atoms with E-state index in [1.54, 1.807) is 0 Å². The first-order valence-corrected chi connectivity index (χ1v) is 2.46. The van der Waals surface area contributed by atoms with E-state index in [1.807, 2.05) is 0 Å². The van der Waals surface area contributed by atoms with Crippen molar-refractivity contribution in [2.75, 3.05) is 0 Å². The second-order valence-corrected chi connectivity index (χ2v) is 1.68. The summed E-state index contributed by atoms with van der Waals surface area (Å²) in [5.41, 5.74) is 0.299. The van der Waals surface area contributed by atoms with Gasteiger partial charge in [-0.25, -0.2) is 4.39 Å². The summed E-state index contributed by atoms with van der Waals surface area (Å²) in [4.78, 5) is 0. The van der Waals surface area contributed by atoms with E-state index in [2.05, 4.69) is 13.2 Å². The number of hydrogen-bond acceptors (Lipinski definition) is 1. The van der Waals surface area contributed by atoms with Crippen LogP contribution in [0.5, 0.6) is 0 Å². The van der Waals surface area contributed by atoms with Crippen LogP contribution in [0.4, 0.5) is 4.39 Å². The molecule has 0 atom stereocenters. The molecule has 50 valence electrons. The summed E-state index contributed by atoms with van der Waals surface area (Å²) in [6.07, 6.45) is 0.935. The van der Waals surface area contributed by atoms with Gasteiger partial charge in [-0.3, -0.25) is 0 Å². The standard InChI is InChI=1S/C7H9FO/c1-4-6(8)7(9)5(2)3/h4,9H,1-2H2,3H3/b7-6-. The first-order chi connectivity index (χ1) is 4.09. The van der Waals surface area contributed by atoms with Crippen LogP contribution in [0.2, 0.25) is 0 Å². The van der Waals surface area contributed by atoms with Crippen molar-refractivity contribution in [3.05, 3.63) is 36.4 Å². The van der Waals surface area contributed by atoms with Crippen LogP contribution in [-0.4, -0.2) is 5.11 Å². The molecule has 0 saturated heterocycles. The largest absolute Gasteiger partial charge is 0.505 e. The maximum absolute atomic E-state index is 12.2. The Morgan fingerprint density at radius 3 is 2.22 bits per heavy atom. The van der Waals surface area contributed by atoms with Crippen LogP contribution in [0.15, 0.2) is 36.4 Å². The number of aliphatic hydroxyl groups excluding tert-OH is 1. The maximum atomic E-state index is 12.2. The third-order valence-corrected chi connectivity index (χ3v) is 0.810. The summed E-state index contributed by atoms with van der Waals surface area (Å²) in [7, 11) is 0. The lowest BCUT2D eigenvalue weighted by molar-refractivity contribution is 0.398. The fourth-order valence-corrected chi connectivity index (χ4v) is 0.301. The minimum atomic E-state index is -0.734. The Kier molecular flexibility index (Phi) is 2.71. The van der Waals surface area contributed by atoms with Crippen molar-refractivity contribution >= 4 is 0 Å². The molecule has 1 nitrogen and oxygen atoms in total. The summed E-state index contributed by atoms with van der Waals surface area (Å²) < 4.78 is 12.2. The Morgan fingerprint density at radius 2 is 2.11 bits per heavy atom. The lowest BCUT2D eigenvalue weighted by Gasteiger charge is -1.95. The van der Waals surface area contributed by atoms with E-state index in [1.165, 1.54) is 6.92 Å². The van der Waals surface area contributed by atoms with Crippen molar-refractivity contribution < 1.29 is 9.50 Å². The van der Waals surface area contributed by atoms with Crippen molar-refractivity contribution in [2.24, 2.45) is 0 Å². The van der Waals surface area contributed by atoms with E-state index < -0.39 is 11.6 Å². The zero-order valence-corrected chi connectivity index (χ0v) is 5.32. The van der Waals surface area contributed by atoms with Crippen molar-refractivity contribution in [1.29, 1.82) is 0 Å². The quantitative estimate of drug-likeness (QED) is 0.447. The predicted octanol–water partition coefficient (Wildman–Crippen LogP) is 2.49. The molecular weight excluding hydrogens is 119 g/mol. The number of rotatable bonds is 2. The average molecular weight is 128 g/mol. The fraction of sp³-hybridized carbons (Fsp3) is 0.143. The summed E-state index contributed by atoms with van der Waals surface area (Å²) in [6, 6.07) is 0.